The van der Waals surface area contributed by atoms with E-state index >= 15 is 0 Å². The number of hydrogen-bond acceptors (Lipinski definition) is 3. The van der Waals surface area contributed by atoms with Gasteiger partial charge in [-0.25, -0.2) is 0 Å². The van der Waals surface area contributed by atoms with Crippen LogP contribution in [0.3, 0.4) is 0 Å². The van der Waals surface area contributed by atoms with Crippen molar-refractivity contribution >= 4 is 5.91 Å². The number of aromatic nitrogens is 2. The number of rotatable bonds is 4. The van der Waals surface area contributed by atoms with Crippen LogP contribution in [0.5, 0.6) is 0 Å². The van der Waals surface area contributed by atoms with Gasteiger partial charge in [0.2, 0.25) is 0 Å². The number of amides is 1. The molecule has 0 aliphatic carbocycles. The number of nitrogens with zero attached hydrogens (tertiary/aromatic N) is 3. The Balaban J connectivity index is 1.99. The Morgan fingerprint density at radius 1 is 1.55 bits per heavy atom. The van der Waals surface area contributed by atoms with E-state index in [1.807, 2.05) is 28.8 Å². The van der Waals surface area contributed by atoms with Gasteiger partial charge < -0.3 is 9.64 Å². The molecule has 0 saturated carbocycles. The number of likely N-dealkylation sites (tertiary alicyclic amines) is 1. The van der Waals surface area contributed by atoms with Crippen LogP contribution in [0, 0.1) is 5.92 Å². The minimum atomic E-state index is 0.0335. The molecule has 0 aromatic carbocycles. The van der Waals surface area contributed by atoms with Gasteiger partial charge in [-0.2, -0.15) is 5.10 Å². The van der Waals surface area contributed by atoms with Gasteiger partial charge in [-0.1, -0.05) is 6.92 Å². The molecule has 1 aromatic rings. The van der Waals surface area contributed by atoms with Crippen LogP contribution in [0.2, 0.25) is 0 Å². The van der Waals surface area contributed by atoms with Crippen molar-refractivity contribution in [3.63, 3.8) is 0 Å². The zero-order valence-electron chi connectivity index (χ0n) is 12.9. The molecule has 1 fully saturated rings. The number of carbonyl (C=O) groups excluding carboxylic acids is 1. The number of hydrogen-bond donors (Lipinski definition) is 0. The van der Waals surface area contributed by atoms with Gasteiger partial charge in [0, 0.05) is 31.9 Å². The van der Waals surface area contributed by atoms with Crippen molar-refractivity contribution in [3.05, 3.63) is 18.0 Å². The molecule has 5 heteroatoms. The summed E-state index contributed by atoms with van der Waals surface area (Å²) in [6.45, 7) is 10.5. The van der Waals surface area contributed by atoms with E-state index in [2.05, 4.69) is 25.9 Å². The summed E-state index contributed by atoms with van der Waals surface area (Å²) in [7, 11) is 0. The van der Waals surface area contributed by atoms with Gasteiger partial charge in [-0.3, -0.25) is 9.48 Å². The lowest BCUT2D eigenvalue weighted by Crippen LogP contribution is -2.46. The van der Waals surface area contributed by atoms with Crippen molar-refractivity contribution in [2.75, 3.05) is 19.7 Å². The fraction of sp³-hybridized carbons (Fsp3) is 0.733. The van der Waals surface area contributed by atoms with Gasteiger partial charge in [0.05, 0.1) is 6.10 Å². The van der Waals surface area contributed by atoms with Crippen molar-refractivity contribution in [1.29, 1.82) is 0 Å². The van der Waals surface area contributed by atoms with Crippen molar-refractivity contribution < 1.29 is 9.53 Å². The van der Waals surface area contributed by atoms with Crippen LogP contribution in [0.1, 0.15) is 50.6 Å². The maximum absolute atomic E-state index is 12.5. The average molecular weight is 279 g/mol. The van der Waals surface area contributed by atoms with Gasteiger partial charge in [0.15, 0.2) is 0 Å². The lowest BCUT2D eigenvalue weighted by Gasteiger charge is -2.36. The highest BCUT2D eigenvalue weighted by Gasteiger charge is 2.30. The molecule has 1 aliphatic heterocycles. The minimum absolute atomic E-state index is 0.0335. The molecule has 1 saturated heterocycles. The Hall–Kier alpha value is -1.36. The summed E-state index contributed by atoms with van der Waals surface area (Å²) < 4.78 is 7.53. The quantitative estimate of drug-likeness (QED) is 0.850. The van der Waals surface area contributed by atoms with Crippen LogP contribution in [0.25, 0.3) is 0 Å². The van der Waals surface area contributed by atoms with Crippen LogP contribution in [-0.2, 0) is 4.74 Å². The van der Waals surface area contributed by atoms with Gasteiger partial charge in [0.25, 0.3) is 5.91 Å². The van der Waals surface area contributed by atoms with Crippen LogP contribution >= 0.6 is 0 Å². The van der Waals surface area contributed by atoms with Gasteiger partial charge >= 0.3 is 0 Å². The van der Waals surface area contributed by atoms with Gasteiger partial charge in [0.1, 0.15) is 5.69 Å². The zero-order valence-corrected chi connectivity index (χ0v) is 12.9. The molecule has 2 heterocycles. The maximum atomic E-state index is 12.5. The molecule has 0 spiro atoms. The highest BCUT2D eigenvalue weighted by Crippen LogP contribution is 2.21. The van der Waals surface area contributed by atoms with Crippen LogP contribution in [0.4, 0.5) is 0 Å². The number of ether oxygens (including phenoxy) is 1. The fourth-order valence-electron chi connectivity index (χ4n) is 2.67. The topological polar surface area (TPSA) is 47.4 Å². The van der Waals surface area contributed by atoms with E-state index < -0.39 is 0 Å². The molecule has 2 rings (SSSR count). The molecule has 1 amide bonds. The third-order valence-corrected chi connectivity index (χ3v) is 3.85. The molecule has 20 heavy (non-hydrogen) atoms. The Kier molecular flexibility index (Phi) is 4.81. The van der Waals surface area contributed by atoms with E-state index in [1.54, 1.807) is 0 Å². The normalized spacial score (nSPS) is 23.4. The van der Waals surface area contributed by atoms with Crippen LogP contribution < -0.4 is 0 Å². The van der Waals surface area contributed by atoms with E-state index in [4.69, 9.17) is 4.74 Å². The molecule has 0 N–H and O–H groups in total. The first-order valence-corrected chi connectivity index (χ1v) is 7.49. The fourth-order valence-corrected chi connectivity index (χ4v) is 2.67. The van der Waals surface area contributed by atoms with Crippen molar-refractivity contribution in [1.82, 2.24) is 14.7 Å². The molecule has 0 bridgehead atoms. The standard InChI is InChI=1S/C15H25N3O2/c1-5-20-14-7-8-17(10-12(14)4)15(19)13-6-9-18(16-13)11(2)3/h6,9,11-12,14H,5,7-8,10H2,1-4H3/t12-,14+/m1/s1. The second-order valence-corrected chi connectivity index (χ2v) is 5.79. The summed E-state index contributed by atoms with van der Waals surface area (Å²) in [6, 6.07) is 2.08. The van der Waals surface area contributed by atoms with E-state index in [9.17, 15) is 4.79 Å². The van der Waals surface area contributed by atoms with Crippen molar-refractivity contribution in [2.24, 2.45) is 5.92 Å². The molecule has 0 radical (unpaired) electrons. The molecular formula is C15H25N3O2. The van der Waals surface area contributed by atoms with Crippen LogP contribution in [0.15, 0.2) is 12.3 Å². The molecule has 112 valence electrons. The van der Waals surface area contributed by atoms with Crippen molar-refractivity contribution in [2.45, 2.75) is 46.3 Å². The average Bonchev–Trinajstić information content (AvgIpc) is 2.90. The number of piperidine rings is 1. The summed E-state index contributed by atoms with van der Waals surface area (Å²) in [6.07, 6.45) is 3.05. The smallest absolute Gasteiger partial charge is 0.274 e. The zero-order chi connectivity index (χ0) is 14.7. The van der Waals surface area contributed by atoms with Gasteiger partial charge in [-0.05, 0) is 39.2 Å². The third-order valence-electron chi connectivity index (χ3n) is 3.85. The van der Waals surface area contributed by atoms with Crippen molar-refractivity contribution in [3.8, 4) is 0 Å². The second kappa shape index (κ2) is 6.39. The van der Waals surface area contributed by atoms with E-state index in [-0.39, 0.29) is 18.1 Å². The lowest BCUT2D eigenvalue weighted by molar-refractivity contribution is -0.0180. The SMILES string of the molecule is CCO[C@H]1CCN(C(=O)c2ccn(C(C)C)n2)C[C@H]1C. The van der Waals surface area contributed by atoms with E-state index in [0.717, 1.165) is 26.1 Å². The van der Waals surface area contributed by atoms with Gasteiger partial charge in [-0.15, -0.1) is 0 Å². The molecular weight excluding hydrogens is 254 g/mol. The molecule has 0 unspecified atom stereocenters. The summed E-state index contributed by atoms with van der Waals surface area (Å²) in [5.74, 6) is 0.408. The Morgan fingerprint density at radius 3 is 2.85 bits per heavy atom. The first kappa shape index (κ1) is 15.0. The molecule has 5 nitrogen and oxygen atoms in total. The second-order valence-electron chi connectivity index (χ2n) is 5.79. The third kappa shape index (κ3) is 3.20. The summed E-state index contributed by atoms with van der Waals surface area (Å²) in [5.41, 5.74) is 0.542. The predicted molar refractivity (Wildman–Crippen MR) is 77.7 cm³/mol. The Morgan fingerprint density at radius 2 is 2.30 bits per heavy atom. The Labute approximate surface area is 120 Å². The first-order valence-electron chi connectivity index (χ1n) is 7.49. The van der Waals surface area contributed by atoms with E-state index in [1.165, 1.54) is 0 Å². The molecule has 1 aromatic heterocycles. The first-order chi connectivity index (χ1) is 9.52. The summed E-state index contributed by atoms with van der Waals surface area (Å²) in [5, 5.41) is 4.36. The molecule has 2 atom stereocenters. The maximum Gasteiger partial charge on any atom is 0.274 e. The summed E-state index contributed by atoms with van der Waals surface area (Å²) in [4.78, 5) is 14.4. The lowest BCUT2D eigenvalue weighted by atomic mass is 9.96. The highest BCUT2D eigenvalue weighted by molar-refractivity contribution is 5.92. The summed E-state index contributed by atoms with van der Waals surface area (Å²) >= 11 is 0. The monoisotopic (exact) mass is 279 g/mol. The highest BCUT2D eigenvalue weighted by atomic mass is 16.5. The number of carbonyl (C=O) groups is 1. The van der Waals surface area contributed by atoms with Crippen LogP contribution in [-0.4, -0.2) is 46.4 Å². The Bertz CT molecular complexity index is 456. The largest absolute Gasteiger partial charge is 0.378 e. The van der Waals surface area contributed by atoms with E-state index in [0.29, 0.717) is 11.6 Å². The predicted octanol–water partition coefficient (Wildman–Crippen LogP) is 2.35. The molecule has 1 aliphatic rings. The minimum Gasteiger partial charge on any atom is -0.378 e.